The largest absolute Gasteiger partial charge is 0.349 e. The van der Waals surface area contributed by atoms with Crippen LogP contribution in [-0.2, 0) is 11.3 Å². The number of benzene rings is 1. The number of rotatable bonds is 9. The Kier molecular flexibility index (Phi) is 7.80. The molecule has 3 heterocycles. The van der Waals surface area contributed by atoms with Crippen molar-refractivity contribution in [3.63, 3.8) is 0 Å². The molecule has 0 saturated heterocycles. The van der Waals surface area contributed by atoms with Gasteiger partial charge in [0, 0.05) is 11.1 Å². The second-order valence-corrected chi connectivity index (χ2v) is 10.3. The highest BCUT2D eigenvalue weighted by molar-refractivity contribution is 7.99. The number of hydrogen-bond acceptors (Lipinski definition) is 6. The zero-order valence-corrected chi connectivity index (χ0v) is 21.2. The third kappa shape index (κ3) is 5.39. The summed E-state index contributed by atoms with van der Waals surface area (Å²) >= 11 is 2.81. The lowest BCUT2D eigenvalue weighted by Crippen LogP contribution is -2.30. The first-order chi connectivity index (χ1) is 16.5. The number of nitrogens with one attached hydrogen (secondary N) is 1. The average Bonchev–Trinajstić information content (AvgIpc) is 3.14. The average molecular weight is 493 g/mol. The molecule has 4 aromatic rings. The smallest absolute Gasteiger partial charge is 0.263 e. The van der Waals surface area contributed by atoms with Crippen LogP contribution in [0, 0.1) is 13.8 Å². The summed E-state index contributed by atoms with van der Waals surface area (Å²) in [5.41, 5.74) is 2.74. The van der Waals surface area contributed by atoms with Crippen molar-refractivity contribution in [2.75, 3.05) is 5.75 Å². The van der Waals surface area contributed by atoms with Crippen LogP contribution in [0.4, 0.5) is 0 Å². The molecule has 34 heavy (non-hydrogen) atoms. The number of nitrogens with zero attached hydrogens (tertiary/aromatic N) is 3. The summed E-state index contributed by atoms with van der Waals surface area (Å²) in [6, 6.07) is 15.6. The highest BCUT2D eigenvalue weighted by Gasteiger charge is 2.19. The lowest BCUT2D eigenvalue weighted by atomic mass is 10.0. The summed E-state index contributed by atoms with van der Waals surface area (Å²) in [6.45, 7) is 6.38. The Morgan fingerprint density at radius 3 is 2.62 bits per heavy atom. The van der Waals surface area contributed by atoms with Gasteiger partial charge in [-0.25, -0.2) is 4.98 Å². The monoisotopic (exact) mass is 492 g/mol. The minimum Gasteiger partial charge on any atom is -0.349 e. The first-order valence-electron chi connectivity index (χ1n) is 11.4. The summed E-state index contributed by atoms with van der Waals surface area (Å²) < 4.78 is 1.64. The van der Waals surface area contributed by atoms with Crippen molar-refractivity contribution in [3.8, 4) is 0 Å². The molecule has 3 aromatic heterocycles. The lowest BCUT2D eigenvalue weighted by Gasteiger charge is -2.19. The molecule has 1 amide bonds. The van der Waals surface area contributed by atoms with Crippen LogP contribution in [0.3, 0.4) is 0 Å². The van der Waals surface area contributed by atoms with Crippen molar-refractivity contribution >= 4 is 39.2 Å². The molecular weight excluding hydrogens is 464 g/mol. The van der Waals surface area contributed by atoms with Gasteiger partial charge >= 0.3 is 0 Å². The first kappa shape index (κ1) is 24.2. The molecule has 176 valence electrons. The van der Waals surface area contributed by atoms with Crippen molar-refractivity contribution in [1.82, 2.24) is 19.9 Å². The SMILES string of the molecule is CCCC(NC(=O)CSc1nc2sc(C)c(C)c2c(=O)n1Cc1ccccn1)c1ccccc1. The Hall–Kier alpha value is -2.97. The topological polar surface area (TPSA) is 76.9 Å². The number of carbonyl (C=O) groups excluding carboxylic acids is 1. The van der Waals surface area contributed by atoms with E-state index in [9.17, 15) is 9.59 Å². The highest BCUT2D eigenvalue weighted by Crippen LogP contribution is 2.29. The van der Waals surface area contributed by atoms with Gasteiger partial charge in [-0.1, -0.05) is 61.5 Å². The second kappa shape index (κ2) is 11.0. The van der Waals surface area contributed by atoms with E-state index in [0.29, 0.717) is 21.9 Å². The molecule has 1 N–H and O–H groups in total. The van der Waals surface area contributed by atoms with Crippen LogP contribution in [0.25, 0.3) is 10.2 Å². The molecule has 8 heteroatoms. The van der Waals surface area contributed by atoms with E-state index >= 15 is 0 Å². The number of aromatic nitrogens is 3. The molecule has 0 spiro atoms. The maximum Gasteiger partial charge on any atom is 0.263 e. The van der Waals surface area contributed by atoms with E-state index < -0.39 is 0 Å². The number of pyridine rings is 1. The molecule has 0 fully saturated rings. The third-order valence-corrected chi connectivity index (χ3v) is 7.82. The summed E-state index contributed by atoms with van der Waals surface area (Å²) in [5, 5.41) is 4.34. The second-order valence-electron chi connectivity index (χ2n) is 8.18. The van der Waals surface area contributed by atoms with Gasteiger partial charge in [-0.15, -0.1) is 11.3 Å². The minimum absolute atomic E-state index is 0.0342. The molecular formula is C26H28N4O2S2. The van der Waals surface area contributed by atoms with Crippen molar-refractivity contribution < 1.29 is 4.79 Å². The summed E-state index contributed by atoms with van der Waals surface area (Å²) in [7, 11) is 0. The zero-order chi connectivity index (χ0) is 24.1. The van der Waals surface area contributed by atoms with Gasteiger partial charge in [-0.2, -0.15) is 0 Å². The quantitative estimate of drug-likeness (QED) is 0.254. The van der Waals surface area contributed by atoms with E-state index in [2.05, 4.69) is 17.2 Å². The molecule has 1 aromatic carbocycles. The molecule has 0 radical (unpaired) electrons. The van der Waals surface area contributed by atoms with Gasteiger partial charge in [-0.05, 0) is 43.5 Å². The van der Waals surface area contributed by atoms with Gasteiger partial charge < -0.3 is 5.32 Å². The Balaban J connectivity index is 1.59. The lowest BCUT2D eigenvalue weighted by molar-refractivity contribution is -0.119. The van der Waals surface area contributed by atoms with Crippen LogP contribution in [0.15, 0.2) is 64.7 Å². The van der Waals surface area contributed by atoms with Gasteiger partial charge in [0.05, 0.1) is 29.4 Å². The molecule has 0 bridgehead atoms. The molecule has 0 saturated carbocycles. The van der Waals surface area contributed by atoms with E-state index in [1.807, 2.05) is 62.4 Å². The predicted molar refractivity (Wildman–Crippen MR) is 140 cm³/mol. The molecule has 0 aliphatic rings. The van der Waals surface area contributed by atoms with Crippen LogP contribution < -0.4 is 10.9 Å². The molecule has 0 aliphatic heterocycles. The Morgan fingerprint density at radius 1 is 1.15 bits per heavy atom. The Labute approximate surface area is 207 Å². The molecule has 6 nitrogen and oxygen atoms in total. The predicted octanol–water partition coefficient (Wildman–Crippen LogP) is 5.27. The van der Waals surface area contributed by atoms with E-state index in [0.717, 1.165) is 34.5 Å². The van der Waals surface area contributed by atoms with Crippen LogP contribution >= 0.6 is 23.1 Å². The zero-order valence-electron chi connectivity index (χ0n) is 19.6. The maximum absolute atomic E-state index is 13.5. The van der Waals surface area contributed by atoms with Gasteiger partial charge in [0.1, 0.15) is 4.83 Å². The van der Waals surface area contributed by atoms with Crippen LogP contribution in [0.2, 0.25) is 0 Å². The van der Waals surface area contributed by atoms with Gasteiger partial charge in [-0.3, -0.25) is 19.1 Å². The van der Waals surface area contributed by atoms with E-state index in [1.165, 1.54) is 23.1 Å². The summed E-state index contributed by atoms with van der Waals surface area (Å²) in [4.78, 5) is 37.3. The minimum atomic E-state index is -0.0893. The summed E-state index contributed by atoms with van der Waals surface area (Å²) in [5.74, 6) is 0.0980. The van der Waals surface area contributed by atoms with Crippen LogP contribution in [0.5, 0.6) is 0 Å². The molecule has 4 rings (SSSR count). The van der Waals surface area contributed by atoms with E-state index in [4.69, 9.17) is 4.98 Å². The molecule has 1 unspecified atom stereocenters. The van der Waals surface area contributed by atoms with E-state index in [1.54, 1.807) is 10.8 Å². The molecule has 0 aliphatic carbocycles. The van der Waals surface area contributed by atoms with Gasteiger partial charge in [0.15, 0.2) is 5.16 Å². The summed E-state index contributed by atoms with van der Waals surface area (Å²) in [6.07, 6.45) is 3.54. The standard InChI is InChI=1S/C26H28N4O2S2/c1-4-10-21(19-11-6-5-7-12-19)28-22(31)16-33-26-29-24-23(17(2)18(3)34-24)25(32)30(26)15-20-13-8-9-14-27-20/h5-9,11-14,21H,4,10,15-16H2,1-3H3,(H,28,31). The fraction of sp³-hybridized carbons (Fsp3) is 0.308. The molecule has 1 atom stereocenters. The van der Waals surface area contributed by atoms with Crippen LogP contribution in [-0.4, -0.2) is 26.2 Å². The number of hydrogen-bond donors (Lipinski definition) is 1. The number of thioether (sulfide) groups is 1. The van der Waals surface area contributed by atoms with Crippen molar-refractivity contribution in [1.29, 1.82) is 0 Å². The van der Waals surface area contributed by atoms with Crippen molar-refractivity contribution in [2.24, 2.45) is 0 Å². The van der Waals surface area contributed by atoms with Crippen LogP contribution in [0.1, 0.15) is 47.5 Å². The maximum atomic E-state index is 13.5. The van der Waals surface area contributed by atoms with Crippen molar-refractivity contribution in [3.05, 3.63) is 86.8 Å². The number of aryl methyl sites for hydroxylation is 2. The third-order valence-electron chi connectivity index (χ3n) is 5.75. The first-order valence-corrected chi connectivity index (χ1v) is 13.2. The Morgan fingerprint density at radius 2 is 1.91 bits per heavy atom. The highest BCUT2D eigenvalue weighted by atomic mass is 32.2. The number of amides is 1. The van der Waals surface area contributed by atoms with Crippen molar-refractivity contribution in [2.45, 2.75) is 51.4 Å². The van der Waals surface area contributed by atoms with Gasteiger partial charge in [0.25, 0.3) is 5.56 Å². The van der Waals surface area contributed by atoms with Gasteiger partial charge in [0.2, 0.25) is 5.91 Å². The number of thiophene rings is 1. The fourth-order valence-corrected chi connectivity index (χ4v) is 5.75. The fourth-order valence-electron chi connectivity index (χ4n) is 3.87. The normalized spacial score (nSPS) is 12.1. The number of carbonyl (C=O) groups is 1. The number of fused-ring (bicyclic) bond motifs is 1. The Bertz CT molecular complexity index is 1330. The van der Waals surface area contributed by atoms with E-state index in [-0.39, 0.29) is 23.3 Å².